The molecule has 86 valence electrons. The summed E-state index contributed by atoms with van der Waals surface area (Å²) in [5, 5.41) is 9.73. The summed E-state index contributed by atoms with van der Waals surface area (Å²) in [6, 6.07) is 7.84. The lowest BCUT2D eigenvalue weighted by atomic mass is 10.0. The van der Waals surface area contributed by atoms with Crippen molar-refractivity contribution in [3.8, 4) is 6.07 Å². The highest BCUT2D eigenvalue weighted by molar-refractivity contribution is 5.94. The predicted octanol–water partition coefficient (Wildman–Crippen LogP) is 1.88. The molecule has 1 heterocycles. The number of nitrogens with zero attached hydrogens (tertiary/aromatic N) is 2. The van der Waals surface area contributed by atoms with E-state index >= 15 is 0 Å². The van der Waals surface area contributed by atoms with Crippen molar-refractivity contribution in [1.29, 1.82) is 5.26 Å². The van der Waals surface area contributed by atoms with Gasteiger partial charge in [-0.05, 0) is 12.0 Å². The quantitative estimate of drug-likeness (QED) is 0.868. The van der Waals surface area contributed by atoms with E-state index in [1.807, 2.05) is 24.3 Å². The molecule has 0 bridgehead atoms. The normalized spacial score (nSPS) is 10.4. The Morgan fingerprint density at radius 3 is 3.00 bits per heavy atom. The third-order valence-corrected chi connectivity index (χ3v) is 2.72. The molecular weight excluding hydrogens is 214 g/mol. The molecule has 0 aliphatic carbocycles. The minimum atomic E-state index is 0.418. The molecule has 0 aliphatic rings. The van der Waals surface area contributed by atoms with Crippen molar-refractivity contribution in [2.45, 2.75) is 6.42 Å². The summed E-state index contributed by atoms with van der Waals surface area (Å²) in [6.07, 6.45) is 2.31. The van der Waals surface area contributed by atoms with Gasteiger partial charge in [-0.3, -0.25) is 4.98 Å². The molecule has 0 atom stereocenters. The van der Waals surface area contributed by atoms with Gasteiger partial charge in [0, 0.05) is 18.7 Å². The maximum atomic E-state index is 8.90. The SMILES string of the molecule is COCCc1cccc2c(N)c(C#N)cnc12. The van der Waals surface area contributed by atoms with Crippen LogP contribution in [0.4, 0.5) is 5.69 Å². The van der Waals surface area contributed by atoms with Gasteiger partial charge in [-0.25, -0.2) is 0 Å². The zero-order valence-corrected chi connectivity index (χ0v) is 9.60. The van der Waals surface area contributed by atoms with Crippen molar-refractivity contribution in [2.24, 2.45) is 0 Å². The van der Waals surface area contributed by atoms with E-state index in [0.29, 0.717) is 17.9 Å². The standard InChI is InChI=1S/C13H13N3O/c1-17-6-5-9-3-2-4-11-12(15)10(7-14)8-16-13(9)11/h2-4,8H,5-6H2,1H3,(H2,15,16). The molecule has 0 radical (unpaired) electrons. The van der Waals surface area contributed by atoms with E-state index in [0.717, 1.165) is 22.9 Å². The zero-order chi connectivity index (χ0) is 12.3. The fourth-order valence-electron chi connectivity index (χ4n) is 1.81. The number of hydrogen-bond acceptors (Lipinski definition) is 4. The summed E-state index contributed by atoms with van der Waals surface area (Å²) in [5.41, 5.74) is 8.78. The Labute approximate surface area is 99.6 Å². The molecule has 1 aromatic heterocycles. The topological polar surface area (TPSA) is 71.9 Å². The second-order valence-corrected chi connectivity index (χ2v) is 3.75. The molecule has 0 saturated carbocycles. The first-order chi connectivity index (χ1) is 8.27. The van der Waals surface area contributed by atoms with E-state index in [4.69, 9.17) is 15.7 Å². The maximum Gasteiger partial charge on any atom is 0.103 e. The van der Waals surface area contributed by atoms with Gasteiger partial charge in [0.25, 0.3) is 0 Å². The number of aromatic nitrogens is 1. The molecule has 0 fully saturated rings. The molecule has 2 rings (SSSR count). The van der Waals surface area contributed by atoms with Gasteiger partial charge in [0.15, 0.2) is 0 Å². The van der Waals surface area contributed by atoms with E-state index in [2.05, 4.69) is 4.98 Å². The number of hydrogen-bond donors (Lipinski definition) is 1. The highest BCUT2D eigenvalue weighted by atomic mass is 16.5. The average molecular weight is 227 g/mol. The summed E-state index contributed by atoms with van der Waals surface area (Å²) < 4.78 is 5.06. The van der Waals surface area contributed by atoms with Crippen LogP contribution in [-0.4, -0.2) is 18.7 Å². The Morgan fingerprint density at radius 2 is 2.29 bits per heavy atom. The summed E-state index contributed by atoms with van der Waals surface area (Å²) in [4.78, 5) is 4.31. The fraction of sp³-hybridized carbons (Fsp3) is 0.231. The highest BCUT2D eigenvalue weighted by Gasteiger charge is 2.08. The number of para-hydroxylation sites is 1. The van der Waals surface area contributed by atoms with Gasteiger partial charge in [0.2, 0.25) is 0 Å². The van der Waals surface area contributed by atoms with Crippen molar-refractivity contribution in [3.05, 3.63) is 35.5 Å². The summed E-state index contributed by atoms with van der Waals surface area (Å²) in [7, 11) is 1.67. The van der Waals surface area contributed by atoms with E-state index in [-0.39, 0.29) is 0 Å². The van der Waals surface area contributed by atoms with Crippen LogP contribution in [0, 0.1) is 11.3 Å². The molecule has 0 aliphatic heterocycles. The molecule has 2 N–H and O–H groups in total. The summed E-state index contributed by atoms with van der Waals surface area (Å²) in [5.74, 6) is 0. The van der Waals surface area contributed by atoms with Crippen LogP contribution in [0.2, 0.25) is 0 Å². The smallest absolute Gasteiger partial charge is 0.103 e. The molecule has 0 amide bonds. The number of nitrogens with two attached hydrogens (primary N) is 1. The second kappa shape index (κ2) is 4.81. The van der Waals surface area contributed by atoms with Crippen LogP contribution in [0.5, 0.6) is 0 Å². The number of benzene rings is 1. The number of anilines is 1. The van der Waals surface area contributed by atoms with Crippen molar-refractivity contribution in [1.82, 2.24) is 4.98 Å². The Hall–Kier alpha value is -2.12. The van der Waals surface area contributed by atoms with Crippen LogP contribution in [0.1, 0.15) is 11.1 Å². The number of pyridine rings is 1. The fourth-order valence-corrected chi connectivity index (χ4v) is 1.81. The molecular formula is C13H13N3O. The first kappa shape index (κ1) is 11.4. The van der Waals surface area contributed by atoms with Crippen LogP contribution >= 0.6 is 0 Å². The number of methoxy groups -OCH3 is 1. The van der Waals surface area contributed by atoms with Gasteiger partial charge in [-0.1, -0.05) is 18.2 Å². The minimum absolute atomic E-state index is 0.418. The molecule has 0 unspecified atom stereocenters. The molecule has 17 heavy (non-hydrogen) atoms. The van der Waals surface area contributed by atoms with E-state index < -0.39 is 0 Å². The maximum absolute atomic E-state index is 8.90. The van der Waals surface area contributed by atoms with Crippen LogP contribution in [0.3, 0.4) is 0 Å². The lowest BCUT2D eigenvalue weighted by Crippen LogP contribution is -1.99. The second-order valence-electron chi connectivity index (χ2n) is 3.75. The van der Waals surface area contributed by atoms with Crippen LogP contribution in [0.25, 0.3) is 10.9 Å². The zero-order valence-electron chi connectivity index (χ0n) is 9.60. The van der Waals surface area contributed by atoms with Gasteiger partial charge in [-0.15, -0.1) is 0 Å². The van der Waals surface area contributed by atoms with Crippen LogP contribution < -0.4 is 5.73 Å². The van der Waals surface area contributed by atoms with Gasteiger partial charge in [-0.2, -0.15) is 5.26 Å². The number of nitriles is 1. The Morgan fingerprint density at radius 1 is 1.47 bits per heavy atom. The molecule has 4 heteroatoms. The third kappa shape index (κ3) is 2.05. The van der Waals surface area contributed by atoms with Gasteiger partial charge in [0.1, 0.15) is 6.07 Å². The van der Waals surface area contributed by atoms with E-state index in [1.165, 1.54) is 6.20 Å². The molecule has 4 nitrogen and oxygen atoms in total. The van der Waals surface area contributed by atoms with E-state index in [9.17, 15) is 0 Å². The number of nitrogen functional groups attached to an aromatic ring is 1. The first-order valence-corrected chi connectivity index (χ1v) is 5.33. The Bertz CT molecular complexity index is 587. The van der Waals surface area contributed by atoms with Crippen LogP contribution in [0.15, 0.2) is 24.4 Å². The lowest BCUT2D eigenvalue weighted by Gasteiger charge is -2.08. The molecule has 0 spiro atoms. The van der Waals surface area contributed by atoms with Crippen molar-refractivity contribution in [3.63, 3.8) is 0 Å². The molecule has 1 aromatic carbocycles. The molecule has 0 saturated heterocycles. The average Bonchev–Trinajstić information content (AvgIpc) is 2.37. The van der Waals surface area contributed by atoms with Crippen molar-refractivity contribution >= 4 is 16.6 Å². The van der Waals surface area contributed by atoms with Gasteiger partial charge >= 0.3 is 0 Å². The number of fused-ring (bicyclic) bond motifs is 1. The Kier molecular flexibility index (Phi) is 3.22. The summed E-state index contributed by atoms with van der Waals surface area (Å²) in [6.45, 7) is 0.640. The minimum Gasteiger partial charge on any atom is -0.397 e. The molecule has 2 aromatic rings. The lowest BCUT2D eigenvalue weighted by molar-refractivity contribution is 0.202. The monoisotopic (exact) mass is 227 g/mol. The van der Waals surface area contributed by atoms with E-state index in [1.54, 1.807) is 7.11 Å². The summed E-state index contributed by atoms with van der Waals surface area (Å²) >= 11 is 0. The third-order valence-electron chi connectivity index (χ3n) is 2.72. The van der Waals surface area contributed by atoms with Gasteiger partial charge in [0.05, 0.1) is 23.4 Å². The number of rotatable bonds is 3. The van der Waals surface area contributed by atoms with Crippen molar-refractivity contribution in [2.75, 3.05) is 19.5 Å². The highest BCUT2D eigenvalue weighted by Crippen LogP contribution is 2.25. The Balaban J connectivity index is 2.59. The largest absolute Gasteiger partial charge is 0.397 e. The van der Waals surface area contributed by atoms with Crippen molar-refractivity contribution < 1.29 is 4.74 Å². The first-order valence-electron chi connectivity index (χ1n) is 5.33. The van der Waals surface area contributed by atoms with Crippen LogP contribution in [-0.2, 0) is 11.2 Å². The van der Waals surface area contributed by atoms with Gasteiger partial charge < -0.3 is 10.5 Å². The predicted molar refractivity (Wildman–Crippen MR) is 66.5 cm³/mol. The number of ether oxygens (including phenoxy) is 1.